The highest BCUT2D eigenvalue weighted by Gasteiger charge is 2.50. The number of nitrogens with zero attached hydrogens (tertiary/aromatic N) is 1. The number of carbonyl (C=O) groups excluding carboxylic acids is 2. The first-order valence-corrected chi connectivity index (χ1v) is 7.27. The molecule has 0 spiro atoms. The van der Waals surface area contributed by atoms with Gasteiger partial charge >= 0.3 is 0 Å². The summed E-state index contributed by atoms with van der Waals surface area (Å²) < 4.78 is 0. The first-order valence-electron chi connectivity index (χ1n) is 7.27. The fraction of sp³-hybridized carbons (Fsp3) is 0.857. The van der Waals surface area contributed by atoms with Crippen molar-refractivity contribution in [1.29, 1.82) is 0 Å². The standard InChI is InChI=1S/C14H25N3O2.ClH/c1-15-12(18)6-8-17(2)13(19)14-7-4-3-5-11(14)9-16-10-14;/h11,16H,3-10H2,1-2H3,(H,15,18);1H/t11-,14+;/m0./s1. The molecule has 0 unspecified atom stereocenters. The molecular weight excluding hydrogens is 278 g/mol. The van der Waals surface area contributed by atoms with Gasteiger partial charge in [0, 0.05) is 33.6 Å². The van der Waals surface area contributed by atoms with Gasteiger partial charge < -0.3 is 15.5 Å². The third-order valence-corrected chi connectivity index (χ3v) is 4.76. The molecule has 2 N–H and O–H groups in total. The molecule has 116 valence electrons. The summed E-state index contributed by atoms with van der Waals surface area (Å²) in [5, 5.41) is 5.98. The van der Waals surface area contributed by atoms with Gasteiger partial charge in [-0.25, -0.2) is 0 Å². The molecule has 0 aromatic rings. The molecule has 2 rings (SSSR count). The molecule has 1 aliphatic heterocycles. The summed E-state index contributed by atoms with van der Waals surface area (Å²) in [6, 6.07) is 0. The lowest BCUT2D eigenvalue weighted by Crippen LogP contribution is -2.49. The molecule has 1 aliphatic carbocycles. The van der Waals surface area contributed by atoms with Gasteiger partial charge in [-0.05, 0) is 25.3 Å². The Morgan fingerprint density at radius 2 is 2.15 bits per heavy atom. The largest absolute Gasteiger partial charge is 0.359 e. The van der Waals surface area contributed by atoms with Gasteiger partial charge in [-0.1, -0.05) is 12.8 Å². The van der Waals surface area contributed by atoms with Gasteiger partial charge in [0.1, 0.15) is 0 Å². The molecule has 1 heterocycles. The van der Waals surface area contributed by atoms with Crippen LogP contribution < -0.4 is 10.6 Å². The predicted molar refractivity (Wildman–Crippen MR) is 80.8 cm³/mol. The van der Waals surface area contributed by atoms with Gasteiger partial charge in [-0.15, -0.1) is 12.4 Å². The summed E-state index contributed by atoms with van der Waals surface area (Å²) in [5.74, 6) is 0.698. The lowest BCUT2D eigenvalue weighted by Gasteiger charge is -2.39. The van der Waals surface area contributed by atoms with Crippen molar-refractivity contribution in [2.24, 2.45) is 11.3 Å². The van der Waals surface area contributed by atoms with Crippen molar-refractivity contribution in [3.8, 4) is 0 Å². The topological polar surface area (TPSA) is 61.4 Å². The fourth-order valence-electron chi connectivity index (χ4n) is 3.54. The van der Waals surface area contributed by atoms with E-state index >= 15 is 0 Å². The molecule has 0 radical (unpaired) electrons. The Balaban J connectivity index is 0.00000200. The van der Waals surface area contributed by atoms with Crippen LogP contribution in [0.2, 0.25) is 0 Å². The van der Waals surface area contributed by atoms with Crippen molar-refractivity contribution < 1.29 is 9.59 Å². The van der Waals surface area contributed by atoms with Crippen LogP contribution in [0.3, 0.4) is 0 Å². The van der Waals surface area contributed by atoms with Gasteiger partial charge in [0.2, 0.25) is 11.8 Å². The van der Waals surface area contributed by atoms with E-state index in [9.17, 15) is 9.59 Å². The van der Waals surface area contributed by atoms with Crippen LogP contribution in [-0.4, -0.2) is 50.4 Å². The molecule has 0 bridgehead atoms. The number of rotatable bonds is 4. The molecule has 5 nitrogen and oxygen atoms in total. The first-order chi connectivity index (χ1) is 9.10. The maximum atomic E-state index is 12.8. The fourth-order valence-corrected chi connectivity index (χ4v) is 3.54. The lowest BCUT2D eigenvalue weighted by molar-refractivity contribution is -0.144. The number of halogens is 1. The molecule has 2 amide bonds. The molecule has 2 atom stereocenters. The van der Waals surface area contributed by atoms with E-state index < -0.39 is 0 Å². The molecule has 20 heavy (non-hydrogen) atoms. The van der Waals surface area contributed by atoms with Gasteiger partial charge in [0.05, 0.1) is 5.41 Å². The minimum absolute atomic E-state index is 0. The summed E-state index contributed by atoms with van der Waals surface area (Å²) in [5.41, 5.74) is -0.199. The Morgan fingerprint density at radius 1 is 1.40 bits per heavy atom. The van der Waals surface area contributed by atoms with E-state index in [0.29, 0.717) is 18.9 Å². The van der Waals surface area contributed by atoms with Crippen LogP contribution in [0.4, 0.5) is 0 Å². The van der Waals surface area contributed by atoms with Crippen LogP contribution >= 0.6 is 12.4 Å². The second-order valence-corrected chi connectivity index (χ2v) is 5.88. The predicted octanol–water partition coefficient (Wildman–Crippen LogP) is 0.782. The summed E-state index contributed by atoms with van der Waals surface area (Å²) in [7, 11) is 3.45. The quantitative estimate of drug-likeness (QED) is 0.807. The Morgan fingerprint density at radius 3 is 2.85 bits per heavy atom. The number of hydrogen-bond acceptors (Lipinski definition) is 3. The smallest absolute Gasteiger partial charge is 0.230 e. The second kappa shape index (κ2) is 7.27. The van der Waals surface area contributed by atoms with E-state index in [2.05, 4.69) is 10.6 Å². The number of fused-ring (bicyclic) bond motifs is 1. The number of carbonyl (C=O) groups is 2. The third kappa shape index (κ3) is 3.26. The van der Waals surface area contributed by atoms with E-state index in [0.717, 1.165) is 32.4 Å². The van der Waals surface area contributed by atoms with Crippen molar-refractivity contribution in [3.05, 3.63) is 0 Å². The van der Waals surface area contributed by atoms with Crippen LogP contribution in [-0.2, 0) is 9.59 Å². The van der Waals surface area contributed by atoms with Gasteiger partial charge in [0.25, 0.3) is 0 Å². The van der Waals surface area contributed by atoms with E-state index in [-0.39, 0.29) is 29.6 Å². The van der Waals surface area contributed by atoms with Gasteiger partial charge in [-0.2, -0.15) is 0 Å². The molecule has 1 saturated carbocycles. The monoisotopic (exact) mass is 303 g/mol. The Kier molecular flexibility index (Phi) is 6.27. The van der Waals surface area contributed by atoms with E-state index in [1.54, 1.807) is 11.9 Å². The molecule has 2 fully saturated rings. The maximum Gasteiger partial charge on any atom is 0.230 e. The minimum Gasteiger partial charge on any atom is -0.359 e. The SMILES string of the molecule is CNC(=O)CCN(C)C(=O)[C@@]12CCCC[C@H]1CNC2.Cl. The summed E-state index contributed by atoms with van der Waals surface area (Å²) in [6.07, 6.45) is 4.92. The van der Waals surface area contributed by atoms with Crippen molar-refractivity contribution in [1.82, 2.24) is 15.5 Å². The van der Waals surface area contributed by atoms with E-state index in [1.807, 2.05) is 7.05 Å². The molecular formula is C14H26ClN3O2. The van der Waals surface area contributed by atoms with Crippen LogP contribution in [0.15, 0.2) is 0 Å². The highest BCUT2D eigenvalue weighted by atomic mass is 35.5. The second-order valence-electron chi connectivity index (χ2n) is 5.88. The Bertz CT molecular complexity index is 364. The zero-order chi connectivity index (χ0) is 13.9. The highest BCUT2D eigenvalue weighted by molar-refractivity contribution is 5.85. The van der Waals surface area contributed by atoms with Crippen molar-refractivity contribution in [3.63, 3.8) is 0 Å². The number of nitrogens with one attached hydrogen (secondary N) is 2. The molecule has 2 aliphatic rings. The highest BCUT2D eigenvalue weighted by Crippen LogP contribution is 2.44. The van der Waals surface area contributed by atoms with Crippen LogP contribution in [0, 0.1) is 11.3 Å². The molecule has 1 saturated heterocycles. The minimum atomic E-state index is -0.199. The average Bonchev–Trinajstić information content (AvgIpc) is 2.88. The Hall–Kier alpha value is -0.810. The van der Waals surface area contributed by atoms with Crippen molar-refractivity contribution >= 4 is 24.2 Å². The zero-order valence-electron chi connectivity index (χ0n) is 12.4. The summed E-state index contributed by atoms with van der Waals surface area (Å²) >= 11 is 0. The van der Waals surface area contributed by atoms with Crippen molar-refractivity contribution in [2.45, 2.75) is 32.1 Å². The van der Waals surface area contributed by atoms with Gasteiger partial charge in [-0.3, -0.25) is 9.59 Å². The molecule has 6 heteroatoms. The lowest BCUT2D eigenvalue weighted by atomic mass is 9.67. The molecule has 0 aromatic heterocycles. The summed E-state index contributed by atoms with van der Waals surface area (Å²) in [6.45, 7) is 2.28. The van der Waals surface area contributed by atoms with Crippen LogP contribution in [0.5, 0.6) is 0 Å². The third-order valence-electron chi connectivity index (χ3n) is 4.76. The number of amides is 2. The first kappa shape index (κ1) is 17.2. The number of hydrogen-bond donors (Lipinski definition) is 2. The average molecular weight is 304 g/mol. The van der Waals surface area contributed by atoms with Gasteiger partial charge in [0.15, 0.2) is 0 Å². The summed E-state index contributed by atoms with van der Waals surface area (Å²) in [4.78, 5) is 25.8. The van der Waals surface area contributed by atoms with Crippen LogP contribution in [0.25, 0.3) is 0 Å². The van der Waals surface area contributed by atoms with E-state index in [4.69, 9.17) is 0 Å². The molecule has 0 aromatic carbocycles. The Labute approximate surface area is 127 Å². The van der Waals surface area contributed by atoms with Crippen molar-refractivity contribution in [2.75, 3.05) is 33.7 Å². The van der Waals surface area contributed by atoms with Crippen LogP contribution in [0.1, 0.15) is 32.1 Å². The maximum absolute atomic E-state index is 12.8. The normalized spacial score (nSPS) is 28.2. The zero-order valence-corrected chi connectivity index (χ0v) is 13.2. The van der Waals surface area contributed by atoms with E-state index in [1.165, 1.54) is 6.42 Å².